The molecule has 22 heavy (non-hydrogen) atoms. The Labute approximate surface area is 131 Å². The molecule has 0 aromatic carbocycles. The summed E-state index contributed by atoms with van der Waals surface area (Å²) in [5.74, 6) is 1.58. The molecule has 0 saturated heterocycles. The second-order valence-electron chi connectivity index (χ2n) is 5.11. The van der Waals surface area contributed by atoms with Crippen LogP contribution in [0.5, 0.6) is 0 Å². The lowest BCUT2D eigenvalue weighted by Crippen LogP contribution is -2.20. The van der Waals surface area contributed by atoms with E-state index in [1.165, 1.54) is 6.26 Å². The number of hydrogen-bond donors (Lipinski definition) is 0. The third kappa shape index (κ3) is 3.44. The Balaban J connectivity index is 2.21. The molecule has 0 unspecified atom stereocenters. The number of anilines is 1. The van der Waals surface area contributed by atoms with Gasteiger partial charge in [0, 0.05) is 38.2 Å². The van der Waals surface area contributed by atoms with E-state index >= 15 is 0 Å². The van der Waals surface area contributed by atoms with Gasteiger partial charge in [0.05, 0.1) is 0 Å². The van der Waals surface area contributed by atoms with Gasteiger partial charge in [-0.15, -0.1) is 0 Å². The maximum atomic E-state index is 11.6. The van der Waals surface area contributed by atoms with Crippen molar-refractivity contribution in [3.63, 3.8) is 0 Å². The summed E-state index contributed by atoms with van der Waals surface area (Å²) >= 11 is 0. The molecule has 5 nitrogen and oxygen atoms in total. The minimum Gasteiger partial charge on any atom is -0.441 e. The highest BCUT2D eigenvalue weighted by molar-refractivity contribution is 7.90. The minimum atomic E-state index is -3.21. The van der Waals surface area contributed by atoms with Crippen LogP contribution in [0.25, 0.3) is 12.2 Å². The summed E-state index contributed by atoms with van der Waals surface area (Å²) < 4.78 is 30.7. The smallest absolute Gasteiger partial charge is 0.196 e. The van der Waals surface area contributed by atoms with Gasteiger partial charge in [0.15, 0.2) is 15.7 Å². The van der Waals surface area contributed by atoms with Crippen LogP contribution in [0.4, 0.5) is 5.88 Å². The van der Waals surface area contributed by atoms with E-state index in [0.717, 1.165) is 30.4 Å². The largest absolute Gasteiger partial charge is 0.441 e. The molecule has 0 aliphatic carbocycles. The SMILES string of the molecule is CCN(CC)c1ccc(/C=C/c2ccc(S(C)(=O)=O)n2C)o1. The highest BCUT2D eigenvalue weighted by atomic mass is 32.2. The van der Waals surface area contributed by atoms with Gasteiger partial charge in [0.2, 0.25) is 0 Å². The number of aromatic nitrogens is 1. The predicted octanol–water partition coefficient (Wildman–Crippen LogP) is 3.04. The highest BCUT2D eigenvalue weighted by Crippen LogP contribution is 2.21. The minimum absolute atomic E-state index is 0.301. The second kappa shape index (κ2) is 6.44. The van der Waals surface area contributed by atoms with Crippen molar-refractivity contribution in [1.82, 2.24) is 4.57 Å². The Morgan fingerprint density at radius 3 is 2.36 bits per heavy atom. The van der Waals surface area contributed by atoms with Gasteiger partial charge in [0.25, 0.3) is 0 Å². The Kier molecular flexibility index (Phi) is 4.81. The Hall–Kier alpha value is -1.95. The quantitative estimate of drug-likeness (QED) is 0.820. The van der Waals surface area contributed by atoms with Crippen molar-refractivity contribution in [2.45, 2.75) is 18.9 Å². The third-order valence-corrected chi connectivity index (χ3v) is 4.77. The monoisotopic (exact) mass is 322 g/mol. The molecular weight excluding hydrogens is 300 g/mol. The van der Waals surface area contributed by atoms with Crippen LogP contribution in [0.3, 0.4) is 0 Å². The standard InChI is InChI=1S/C16H22N2O3S/c1-5-18(6-2)15-11-10-14(21-15)9-7-13-8-12-16(17(13)3)22(4,19)20/h7-12H,5-6H2,1-4H3/b9-7+. The summed E-state index contributed by atoms with van der Waals surface area (Å²) in [6.07, 6.45) is 4.90. The summed E-state index contributed by atoms with van der Waals surface area (Å²) in [5, 5.41) is 0.301. The maximum absolute atomic E-state index is 11.6. The lowest BCUT2D eigenvalue weighted by molar-refractivity contribution is 0.541. The predicted molar refractivity (Wildman–Crippen MR) is 89.7 cm³/mol. The van der Waals surface area contributed by atoms with E-state index in [1.807, 2.05) is 24.3 Å². The van der Waals surface area contributed by atoms with Gasteiger partial charge in [-0.25, -0.2) is 8.42 Å². The lowest BCUT2D eigenvalue weighted by Gasteiger charge is -2.16. The van der Waals surface area contributed by atoms with Gasteiger partial charge < -0.3 is 13.9 Å². The third-order valence-electron chi connectivity index (χ3n) is 3.60. The van der Waals surface area contributed by atoms with Crippen LogP contribution < -0.4 is 4.90 Å². The molecule has 2 aromatic heterocycles. The van der Waals surface area contributed by atoms with E-state index in [1.54, 1.807) is 23.7 Å². The number of rotatable bonds is 6. The zero-order valence-electron chi connectivity index (χ0n) is 13.4. The first-order valence-corrected chi connectivity index (χ1v) is 9.14. The average Bonchev–Trinajstić information content (AvgIpc) is 3.04. The fourth-order valence-electron chi connectivity index (χ4n) is 2.35. The summed E-state index contributed by atoms with van der Waals surface area (Å²) in [6.45, 7) is 5.95. The molecule has 0 aliphatic heterocycles. The van der Waals surface area contributed by atoms with Gasteiger partial charge in [-0.2, -0.15) is 0 Å². The summed E-state index contributed by atoms with van der Waals surface area (Å²) in [7, 11) is -1.47. The fourth-order valence-corrected chi connectivity index (χ4v) is 3.27. The van der Waals surface area contributed by atoms with Gasteiger partial charge in [-0.05, 0) is 44.2 Å². The molecule has 2 aromatic rings. The van der Waals surface area contributed by atoms with E-state index in [4.69, 9.17) is 4.42 Å². The molecule has 120 valence electrons. The topological polar surface area (TPSA) is 55.5 Å². The lowest BCUT2D eigenvalue weighted by atomic mass is 10.3. The zero-order valence-corrected chi connectivity index (χ0v) is 14.2. The van der Waals surface area contributed by atoms with Crippen LogP contribution in [0.2, 0.25) is 0 Å². The Morgan fingerprint density at radius 2 is 1.82 bits per heavy atom. The first kappa shape index (κ1) is 16.4. The number of sulfone groups is 1. The van der Waals surface area contributed by atoms with Crippen LogP contribution in [-0.4, -0.2) is 32.3 Å². The molecular formula is C16H22N2O3S. The Bertz CT molecular complexity index is 765. The van der Waals surface area contributed by atoms with Crippen molar-refractivity contribution in [3.05, 3.63) is 35.7 Å². The van der Waals surface area contributed by atoms with Crippen LogP contribution in [0, 0.1) is 0 Å². The van der Waals surface area contributed by atoms with Crippen molar-refractivity contribution in [2.24, 2.45) is 7.05 Å². The highest BCUT2D eigenvalue weighted by Gasteiger charge is 2.12. The molecule has 0 aliphatic rings. The van der Waals surface area contributed by atoms with E-state index in [0.29, 0.717) is 5.03 Å². The first-order chi connectivity index (χ1) is 10.4. The summed E-state index contributed by atoms with van der Waals surface area (Å²) in [6, 6.07) is 7.24. The number of furan rings is 1. The Morgan fingerprint density at radius 1 is 1.14 bits per heavy atom. The van der Waals surface area contributed by atoms with E-state index < -0.39 is 9.84 Å². The van der Waals surface area contributed by atoms with Crippen molar-refractivity contribution >= 4 is 27.9 Å². The van der Waals surface area contributed by atoms with Crippen LogP contribution >= 0.6 is 0 Å². The van der Waals surface area contributed by atoms with Crippen molar-refractivity contribution in [3.8, 4) is 0 Å². The fraction of sp³-hybridized carbons (Fsp3) is 0.375. The first-order valence-electron chi connectivity index (χ1n) is 7.25. The molecule has 0 atom stereocenters. The van der Waals surface area contributed by atoms with Crippen LogP contribution in [-0.2, 0) is 16.9 Å². The number of nitrogens with zero attached hydrogens (tertiary/aromatic N) is 2. The van der Waals surface area contributed by atoms with E-state index in [2.05, 4.69) is 18.7 Å². The second-order valence-corrected chi connectivity index (χ2v) is 7.07. The molecule has 0 N–H and O–H groups in total. The number of hydrogen-bond acceptors (Lipinski definition) is 4. The molecule has 0 radical (unpaired) electrons. The van der Waals surface area contributed by atoms with Crippen molar-refractivity contribution < 1.29 is 12.8 Å². The van der Waals surface area contributed by atoms with Gasteiger partial charge in [0.1, 0.15) is 10.8 Å². The maximum Gasteiger partial charge on any atom is 0.196 e. The van der Waals surface area contributed by atoms with Crippen molar-refractivity contribution in [2.75, 3.05) is 24.2 Å². The summed E-state index contributed by atoms with van der Waals surface area (Å²) in [4.78, 5) is 2.13. The van der Waals surface area contributed by atoms with Crippen LogP contribution in [0.1, 0.15) is 25.3 Å². The molecule has 0 saturated carbocycles. The van der Waals surface area contributed by atoms with Gasteiger partial charge in [-0.1, -0.05) is 0 Å². The van der Waals surface area contributed by atoms with Crippen LogP contribution in [0.15, 0.2) is 33.7 Å². The van der Waals surface area contributed by atoms with Crippen molar-refractivity contribution in [1.29, 1.82) is 0 Å². The molecule has 0 fully saturated rings. The molecule has 2 rings (SSSR count). The average molecular weight is 322 g/mol. The van der Waals surface area contributed by atoms with E-state index in [9.17, 15) is 8.42 Å². The molecule has 0 amide bonds. The molecule has 2 heterocycles. The molecule has 0 bridgehead atoms. The zero-order chi connectivity index (χ0) is 16.3. The molecule has 0 spiro atoms. The van der Waals surface area contributed by atoms with Gasteiger partial charge in [-0.3, -0.25) is 0 Å². The van der Waals surface area contributed by atoms with Gasteiger partial charge >= 0.3 is 0 Å². The normalized spacial score (nSPS) is 12.2. The molecule has 6 heteroatoms. The van der Waals surface area contributed by atoms with E-state index in [-0.39, 0.29) is 0 Å². The summed E-state index contributed by atoms with van der Waals surface area (Å²) in [5.41, 5.74) is 0.807.